The van der Waals surface area contributed by atoms with Crippen molar-refractivity contribution in [3.63, 3.8) is 0 Å². The van der Waals surface area contributed by atoms with Gasteiger partial charge >= 0.3 is 0 Å². The molecule has 0 aliphatic rings. The summed E-state index contributed by atoms with van der Waals surface area (Å²) in [7, 11) is -3.67. The van der Waals surface area contributed by atoms with E-state index in [1.807, 2.05) is 55.6 Å². The van der Waals surface area contributed by atoms with E-state index in [1.54, 1.807) is 24.3 Å². The minimum Gasteiger partial charge on any atom is -0.494 e. The summed E-state index contributed by atoms with van der Waals surface area (Å²) in [6, 6.07) is 17.8. The monoisotopic (exact) mass is 387 g/mol. The summed E-state index contributed by atoms with van der Waals surface area (Å²) in [6.45, 7) is 4.44. The summed E-state index contributed by atoms with van der Waals surface area (Å²) in [5, 5.41) is 1.95. The number of hydrogen-bond donors (Lipinski definition) is 1. The Kier molecular flexibility index (Phi) is 5.76. The molecule has 0 aliphatic carbocycles. The van der Waals surface area contributed by atoms with E-state index in [1.165, 1.54) is 11.3 Å². The van der Waals surface area contributed by atoms with Gasteiger partial charge in [-0.25, -0.2) is 8.42 Å². The molecule has 0 saturated carbocycles. The molecule has 0 aliphatic heterocycles. The lowest BCUT2D eigenvalue weighted by molar-refractivity contribution is 0.340. The quantitative estimate of drug-likeness (QED) is 0.648. The second-order valence-electron chi connectivity index (χ2n) is 5.88. The number of benzene rings is 2. The molecule has 0 fully saturated rings. The highest BCUT2D eigenvalue weighted by Crippen LogP contribution is 2.28. The molecule has 1 heterocycles. The molecular formula is C20H21NO3S2. The standard InChI is InChI=1S/C20H21NO3S2/c1-3-24-17-10-12-18(13-11-17)26(22,23)21-20(19-5-4-14-25-19)16-8-6-15(2)7-9-16/h4-14,20-21H,3H2,1-2H3. The number of ether oxygens (including phenoxy) is 1. The third-order valence-corrected chi connectivity index (χ3v) is 6.33. The molecule has 0 radical (unpaired) electrons. The highest BCUT2D eigenvalue weighted by molar-refractivity contribution is 7.89. The largest absolute Gasteiger partial charge is 0.494 e. The first kappa shape index (κ1) is 18.6. The second-order valence-corrected chi connectivity index (χ2v) is 8.58. The van der Waals surface area contributed by atoms with Gasteiger partial charge in [0.05, 0.1) is 17.5 Å². The molecule has 0 saturated heterocycles. The van der Waals surface area contributed by atoms with Crippen molar-refractivity contribution in [2.45, 2.75) is 24.8 Å². The molecule has 4 nitrogen and oxygen atoms in total. The molecule has 3 rings (SSSR count). The van der Waals surface area contributed by atoms with Crippen molar-refractivity contribution in [3.05, 3.63) is 82.0 Å². The van der Waals surface area contributed by atoms with Gasteiger partial charge in [0.15, 0.2) is 0 Å². The molecule has 26 heavy (non-hydrogen) atoms. The third kappa shape index (κ3) is 4.33. The summed E-state index contributed by atoms with van der Waals surface area (Å²) in [6.07, 6.45) is 0. The van der Waals surface area contributed by atoms with Crippen LogP contribution in [0.25, 0.3) is 0 Å². The maximum absolute atomic E-state index is 12.9. The fraction of sp³-hybridized carbons (Fsp3) is 0.200. The molecule has 0 amide bonds. The number of sulfonamides is 1. The summed E-state index contributed by atoms with van der Waals surface area (Å²) in [5.74, 6) is 0.653. The topological polar surface area (TPSA) is 55.4 Å². The molecule has 1 aromatic heterocycles. The van der Waals surface area contributed by atoms with Crippen molar-refractivity contribution in [1.29, 1.82) is 0 Å². The summed E-state index contributed by atoms with van der Waals surface area (Å²) < 4.78 is 34.0. The maximum atomic E-state index is 12.9. The van der Waals surface area contributed by atoms with Crippen LogP contribution in [0.4, 0.5) is 0 Å². The Labute approximate surface area is 158 Å². The van der Waals surface area contributed by atoms with Crippen LogP contribution in [-0.2, 0) is 10.0 Å². The van der Waals surface area contributed by atoms with Crippen molar-refractivity contribution in [2.75, 3.05) is 6.61 Å². The molecule has 136 valence electrons. The number of thiophene rings is 1. The van der Waals surface area contributed by atoms with Gasteiger partial charge in [-0.2, -0.15) is 4.72 Å². The Hall–Kier alpha value is -2.15. The third-order valence-electron chi connectivity index (χ3n) is 3.96. The molecule has 0 bridgehead atoms. The fourth-order valence-corrected chi connectivity index (χ4v) is 4.69. The number of hydrogen-bond acceptors (Lipinski definition) is 4. The second kappa shape index (κ2) is 8.03. The average Bonchev–Trinajstić information content (AvgIpc) is 3.16. The van der Waals surface area contributed by atoms with Crippen LogP contribution >= 0.6 is 11.3 Å². The SMILES string of the molecule is CCOc1ccc(S(=O)(=O)NC(c2ccc(C)cc2)c2cccs2)cc1. The average molecular weight is 388 g/mol. The van der Waals surface area contributed by atoms with E-state index >= 15 is 0 Å². The molecule has 3 aromatic rings. The van der Waals surface area contributed by atoms with E-state index in [0.29, 0.717) is 12.4 Å². The molecular weight excluding hydrogens is 366 g/mol. The highest BCUT2D eigenvalue weighted by atomic mass is 32.2. The molecule has 2 aromatic carbocycles. The van der Waals surface area contributed by atoms with Gasteiger partial charge in [0.2, 0.25) is 10.0 Å². The molecule has 0 spiro atoms. The van der Waals surface area contributed by atoms with Crippen LogP contribution in [0.1, 0.15) is 29.0 Å². The lowest BCUT2D eigenvalue weighted by atomic mass is 10.0. The fourth-order valence-electron chi connectivity index (χ4n) is 2.61. The first-order valence-corrected chi connectivity index (χ1v) is 10.7. The van der Waals surface area contributed by atoms with Gasteiger partial charge in [0.25, 0.3) is 0 Å². The lowest BCUT2D eigenvalue weighted by Gasteiger charge is -2.18. The molecule has 1 N–H and O–H groups in total. The van der Waals surface area contributed by atoms with E-state index in [2.05, 4.69) is 4.72 Å². The summed E-state index contributed by atoms with van der Waals surface area (Å²) >= 11 is 1.53. The van der Waals surface area contributed by atoms with Crippen LogP contribution in [0.15, 0.2) is 70.9 Å². The Morgan fingerprint density at radius 2 is 1.73 bits per heavy atom. The zero-order chi connectivity index (χ0) is 18.6. The van der Waals surface area contributed by atoms with Gasteiger partial charge in [-0.3, -0.25) is 0 Å². The van der Waals surface area contributed by atoms with Crippen LogP contribution in [-0.4, -0.2) is 15.0 Å². The van der Waals surface area contributed by atoms with Gasteiger partial charge in [0, 0.05) is 4.88 Å². The van der Waals surface area contributed by atoms with Crippen LogP contribution in [0.2, 0.25) is 0 Å². The van der Waals surface area contributed by atoms with Crippen molar-refractivity contribution >= 4 is 21.4 Å². The minimum atomic E-state index is -3.67. The van der Waals surface area contributed by atoms with Gasteiger partial charge in [-0.15, -0.1) is 11.3 Å². The van der Waals surface area contributed by atoms with Crippen LogP contribution < -0.4 is 9.46 Å². The number of rotatable bonds is 7. The highest BCUT2D eigenvalue weighted by Gasteiger charge is 2.23. The van der Waals surface area contributed by atoms with Gasteiger partial charge in [-0.1, -0.05) is 35.9 Å². The summed E-state index contributed by atoms with van der Waals surface area (Å²) in [4.78, 5) is 1.16. The maximum Gasteiger partial charge on any atom is 0.241 e. The van der Waals surface area contributed by atoms with Gasteiger partial charge in [-0.05, 0) is 55.1 Å². The predicted octanol–water partition coefficient (Wildman–Crippen LogP) is 4.52. The van der Waals surface area contributed by atoms with Gasteiger partial charge in [0.1, 0.15) is 5.75 Å². The Morgan fingerprint density at radius 1 is 1.04 bits per heavy atom. The van der Waals surface area contributed by atoms with Crippen molar-refractivity contribution in [1.82, 2.24) is 4.72 Å². The first-order chi connectivity index (χ1) is 12.5. The van der Waals surface area contributed by atoms with E-state index in [4.69, 9.17) is 4.74 Å². The normalized spacial score (nSPS) is 12.7. The predicted molar refractivity (Wildman–Crippen MR) is 105 cm³/mol. The number of nitrogens with one attached hydrogen (secondary N) is 1. The Bertz CT molecular complexity index is 932. The number of aryl methyl sites for hydroxylation is 1. The molecule has 6 heteroatoms. The van der Waals surface area contributed by atoms with Crippen LogP contribution in [0, 0.1) is 6.92 Å². The summed E-state index contributed by atoms with van der Waals surface area (Å²) in [5.41, 5.74) is 2.04. The Morgan fingerprint density at radius 3 is 2.31 bits per heavy atom. The smallest absolute Gasteiger partial charge is 0.241 e. The van der Waals surface area contributed by atoms with E-state index in [0.717, 1.165) is 16.0 Å². The van der Waals surface area contributed by atoms with Crippen LogP contribution in [0.3, 0.4) is 0 Å². The van der Waals surface area contributed by atoms with E-state index < -0.39 is 16.1 Å². The van der Waals surface area contributed by atoms with Crippen LogP contribution in [0.5, 0.6) is 5.75 Å². The zero-order valence-corrected chi connectivity index (χ0v) is 16.3. The lowest BCUT2D eigenvalue weighted by Crippen LogP contribution is -2.29. The zero-order valence-electron chi connectivity index (χ0n) is 14.7. The van der Waals surface area contributed by atoms with E-state index in [9.17, 15) is 8.42 Å². The first-order valence-electron chi connectivity index (χ1n) is 8.35. The van der Waals surface area contributed by atoms with Crippen molar-refractivity contribution < 1.29 is 13.2 Å². The van der Waals surface area contributed by atoms with E-state index in [-0.39, 0.29) is 4.90 Å². The Balaban J connectivity index is 1.91. The van der Waals surface area contributed by atoms with Crippen molar-refractivity contribution in [2.24, 2.45) is 0 Å². The molecule has 1 atom stereocenters. The van der Waals surface area contributed by atoms with Crippen molar-refractivity contribution in [3.8, 4) is 5.75 Å². The molecule has 1 unspecified atom stereocenters. The minimum absolute atomic E-state index is 0.217. The van der Waals surface area contributed by atoms with Gasteiger partial charge < -0.3 is 4.74 Å².